The minimum absolute atomic E-state index is 0.232. The molecule has 0 radical (unpaired) electrons. The van der Waals surface area contributed by atoms with Gasteiger partial charge in [0.2, 0.25) is 5.95 Å². The minimum Gasteiger partial charge on any atom is -0.396 e. The van der Waals surface area contributed by atoms with Crippen LogP contribution >= 0.6 is 0 Å². The van der Waals surface area contributed by atoms with E-state index in [0.29, 0.717) is 11.9 Å². The fraction of sp³-hybridized carbons (Fsp3) is 0.583. The third-order valence-electron chi connectivity index (χ3n) is 3.47. The monoisotopic (exact) mass is 262 g/mol. The number of aromatic amines is 1. The van der Waals surface area contributed by atoms with E-state index in [9.17, 15) is 5.11 Å². The van der Waals surface area contributed by atoms with Crippen molar-refractivity contribution in [3.05, 3.63) is 6.20 Å². The first-order chi connectivity index (χ1) is 9.31. The number of nitrogens with one attached hydrogen (secondary N) is 2. The third-order valence-corrected chi connectivity index (χ3v) is 3.47. The number of aliphatic hydroxyl groups excluding tert-OH is 1. The summed E-state index contributed by atoms with van der Waals surface area (Å²) in [5, 5.41) is 20.2. The molecule has 0 aromatic carbocycles. The number of aromatic nitrogens is 4. The van der Waals surface area contributed by atoms with Crippen molar-refractivity contribution in [2.75, 3.05) is 36.5 Å². The summed E-state index contributed by atoms with van der Waals surface area (Å²) in [5.41, 5.74) is 0.744. The van der Waals surface area contributed by atoms with E-state index in [2.05, 4.69) is 30.4 Å². The molecule has 0 aliphatic carbocycles. The van der Waals surface area contributed by atoms with E-state index in [4.69, 9.17) is 0 Å². The molecule has 0 amide bonds. The van der Waals surface area contributed by atoms with E-state index < -0.39 is 0 Å². The molecule has 7 heteroatoms. The predicted octanol–water partition coefficient (Wildman–Crippen LogP) is 0.603. The number of fused-ring (bicyclic) bond motifs is 1. The van der Waals surface area contributed by atoms with Crippen molar-refractivity contribution < 1.29 is 5.11 Å². The molecule has 2 aromatic heterocycles. The zero-order chi connectivity index (χ0) is 13.2. The van der Waals surface area contributed by atoms with Crippen LogP contribution in [0.2, 0.25) is 0 Å². The van der Waals surface area contributed by atoms with Gasteiger partial charge in [0, 0.05) is 32.2 Å². The van der Waals surface area contributed by atoms with Crippen LogP contribution in [0.3, 0.4) is 0 Å². The van der Waals surface area contributed by atoms with E-state index in [1.807, 2.05) is 6.92 Å². The Labute approximate surface area is 111 Å². The number of anilines is 2. The van der Waals surface area contributed by atoms with Crippen molar-refractivity contribution in [1.29, 1.82) is 0 Å². The standard InChI is InChI=1S/C12H18N6O/c1-2-13-12-15-10-9(5-14-17-10)11(16-12)18-4-3-8(6-18)7-19/h5,8,19H,2-4,6-7H2,1H3,(H2,13,14,15,16,17). The van der Waals surface area contributed by atoms with Gasteiger partial charge in [-0.3, -0.25) is 5.10 Å². The van der Waals surface area contributed by atoms with Crippen LogP contribution in [0, 0.1) is 5.92 Å². The Morgan fingerprint density at radius 2 is 2.42 bits per heavy atom. The molecule has 0 saturated carbocycles. The van der Waals surface area contributed by atoms with Gasteiger partial charge in [-0.2, -0.15) is 15.1 Å². The van der Waals surface area contributed by atoms with Gasteiger partial charge >= 0.3 is 0 Å². The molecule has 3 rings (SSSR count). The quantitative estimate of drug-likeness (QED) is 0.747. The van der Waals surface area contributed by atoms with Gasteiger partial charge in [-0.05, 0) is 13.3 Å². The fourth-order valence-corrected chi connectivity index (χ4v) is 2.47. The summed E-state index contributed by atoms with van der Waals surface area (Å²) < 4.78 is 0. The summed E-state index contributed by atoms with van der Waals surface area (Å²) in [6.07, 6.45) is 2.75. The predicted molar refractivity (Wildman–Crippen MR) is 73.3 cm³/mol. The summed E-state index contributed by atoms with van der Waals surface area (Å²) in [7, 11) is 0. The molecular formula is C12H18N6O. The van der Waals surface area contributed by atoms with E-state index in [1.54, 1.807) is 6.20 Å². The molecule has 0 bridgehead atoms. The van der Waals surface area contributed by atoms with Gasteiger partial charge in [0.15, 0.2) is 5.65 Å². The molecule has 7 nitrogen and oxygen atoms in total. The molecular weight excluding hydrogens is 244 g/mol. The molecule has 1 fully saturated rings. The number of nitrogens with zero attached hydrogens (tertiary/aromatic N) is 4. The maximum Gasteiger partial charge on any atom is 0.226 e. The Hall–Kier alpha value is -1.89. The molecule has 3 N–H and O–H groups in total. The highest BCUT2D eigenvalue weighted by molar-refractivity contribution is 5.87. The summed E-state index contributed by atoms with van der Waals surface area (Å²) in [6.45, 7) is 4.76. The second kappa shape index (κ2) is 5.00. The first-order valence-corrected chi connectivity index (χ1v) is 6.62. The van der Waals surface area contributed by atoms with Crippen molar-refractivity contribution in [1.82, 2.24) is 20.2 Å². The van der Waals surface area contributed by atoms with E-state index in [0.717, 1.165) is 42.9 Å². The lowest BCUT2D eigenvalue weighted by atomic mass is 10.1. The molecule has 2 aromatic rings. The van der Waals surface area contributed by atoms with Crippen LogP contribution in [-0.2, 0) is 0 Å². The lowest BCUT2D eigenvalue weighted by Crippen LogP contribution is -2.22. The number of hydrogen-bond acceptors (Lipinski definition) is 6. The number of H-pyrrole nitrogens is 1. The Balaban J connectivity index is 1.98. The van der Waals surface area contributed by atoms with E-state index >= 15 is 0 Å². The van der Waals surface area contributed by atoms with Gasteiger partial charge in [0.25, 0.3) is 0 Å². The lowest BCUT2D eigenvalue weighted by Gasteiger charge is -2.18. The Kier molecular flexibility index (Phi) is 3.20. The summed E-state index contributed by atoms with van der Waals surface area (Å²) in [6, 6.07) is 0. The van der Waals surface area contributed by atoms with Gasteiger partial charge in [-0.25, -0.2) is 0 Å². The minimum atomic E-state index is 0.232. The molecule has 1 unspecified atom stereocenters. The first kappa shape index (κ1) is 12.2. The van der Waals surface area contributed by atoms with Crippen molar-refractivity contribution >= 4 is 22.8 Å². The number of rotatable bonds is 4. The maximum absolute atomic E-state index is 9.25. The van der Waals surface area contributed by atoms with E-state index in [1.165, 1.54) is 0 Å². The highest BCUT2D eigenvalue weighted by atomic mass is 16.3. The highest BCUT2D eigenvalue weighted by Gasteiger charge is 2.25. The van der Waals surface area contributed by atoms with Crippen LogP contribution in [-0.4, -0.2) is 51.5 Å². The van der Waals surface area contributed by atoms with Crippen LogP contribution < -0.4 is 10.2 Å². The normalized spacial score (nSPS) is 19.3. The molecule has 102 valence electrons. The highest BCUT2D eigenvalue weighted by Crippen LogP contribution is 2.28. The van der Waals surface area contributed by atoms with Crippen LogP contribution in [0.15, 0.2) is 6.20 Å². The lowest BCUT2D eigenvalue weighted by molar-refractivity contribution is 0.238. The second-order valence-electron chi connectivity index (χ2n) is 4.82. The van der Waals surface area contributed by atoms with Gasteiger partial charge in [-0.1, -0.05) is 0 Å². The second-order valence-corrected chi connectivity index (χ2v) is 4.82. The van der Waals surface area contributed by atoms with Gasteiger partial charge in [-0.15, -0.1) is 0 Å². The van der Waals surface area contributed by atoms with Crippen molar-refractivity contribution in [2.45, 2.75) is 13.3 Å². The van der Waals surface area contributed by atoms with Crippen LogP contribution in [0.5, 0.6) is 0 Å². The summed E-state index contributed by atoms with van der Waals surface area (Å²) in [4.78, 5) is 11.2. The van der Waals surface area contributed by atoms with Gasteiger partial charge in [0.1, 0.15) is 5.82 Å². The molecule has 1 aliphatic heterocycles. The van der Waals surface area contributed by atoms with Crippen molar-refractivity contribution in [3.63, 3.8) is 0 Å². The van der Waals surface area contributed by atoms with E-state index in [-0.39, 0.29) is 6.61 Å². The number of aliphatic hydroxyl groups is 1. The summed E-state index contributed by atoms with van der Waals surface area (Å²) in [5.74, 6) is 1.84. The average Bonchev–Trinajstić information content (AvgIpc) is 3.06. The third kappa shape index (κ3) is 2.21. The van der Waals surface area contributed by atoms with Crippen molar-refractivity contribution in [2.24, 2.45) is 5.92 Å². The average molecular weight is 262 g/mol. The van der Waals surface area contributed by atoms with Crippen LogP contribution in [0.1, 0.15) is 13.3 Å². The zero-order valence-corrected chi connectivity index (χ0v) is 10.9. The first-order valence-electron chi connectivity index (χ1n) is 6.62. The largest absolute Gasteiger partial charge is 0.396 e. The SMILES string of the molecule is CCNc1nc(N2CCC(CO)C2)c2cn[nH]c2n1. The molecule has 19 heavy (non-hydrogen) atoms. The zero-order valence-electron chi connectivity index (χ0n) is 10.9. The fourth-order valence-electron chi connectivity index (χ4n) is 2.47. The Morgan fingerprint density at radius 3 is 3.16 bits per heavy atom. The topological polar surface area (TPSA) is 90.0 Å². The van der Waals surface area contributed by atoms with Gasteiger partial charge in [0.05, 0.1) is 11.6 Å². The maximum atomic E-state index is 9.25. The number of hydrogen-bond donors (Lipinski definition) is 3. The van der Waals surface area contributed by atoms with Gasteiger partial charge < -0.3 is 15.3 Å². The molecule has 3 heterocycles. The smallest absolute Gasteiger partial charge is 0.226 e. The molecule has 1 aliphatic rings. The molecule has 1 saturated heterocycles. The Morgan fingerprint density at radius 1 is 1.53 bits per heavy atom. The Bertz CT molecular complexity index is 568. The van der Waals surface area contributed by atoms with Crippen molar-refractivity contribution in [3.8, 4) is 0 Å². The molecule has 1 atom stereocenters. The molecule has 0 spiro atoms. The summed E-state index contributed by atoms with van der Waals surface area (Å²) >= 11 is 0. The van der Waals surface area contributed by atoms with Crippen LogP contribution in [0.4, 0.5) is 11.8 Å². The van der Waals surface area contributed by atoms with Crippen LogP contribution in [0.25, 0.3) is 11.0 Å².